The van der Waals surface area contributed by atoms with Crippen LogP contribution in [0.3, 0.4) is 0 Å². The Kier molecular flexibility index (Phi) is 18.0. The number of aryl methyl sites for hydroxylation is 1. The van der Waals surface area contributed by atoms with Crippen molar-refractivity contribution in [2.75, 3.05) is 10.6 Å². The van der Waals surface area contributed by atoms with Gasteiger partial charge in [0.25, 0.3) is 0 Å². The Morgan fingerprint density at radius 1 is 0.500 bits per heavy atom. The van der Waals surface area contributed by atoms with Crippen LogP contribution in [-0.4, -0.2) is 27.6 Å². The minimum atomic E-state index is -0.698. The van der Waals surface area contributed by atoms with E-state index in [4.69, 9.17) is 9.47 Å². The molecular formula is C67H78N2O7. The SMILES string of the molecule is CCCCCc1ccc(Nc2cc(Oc3ccc(C4CCC(CCCCC)CC4)cc3)c(O)c3c2C(=O)c2c(O)c(Oc4ccc(C5CCC(CCCCC)CC5)cc4)cc(Nc4ccc(C(C)=O)cc4)c2C3=O)cc1. The molecule has 3 aliphatic rings. The van der Waals surface area contributed by atoms with Crippen LogP contribution in [0, 0.1) is 11.8 Å². The molecule has 6 aromatic rings. The summed E-state index contributed by atoms with van der Waals surface area (Å²) in [6.07, 6.45) is 24.2. The number of nitrogens with one attached hydrogen (secondary N) is 2. The molecule has 0 radical (unpaired) electrons. The van der Waals surface area contributed by atoms with Gasteiger partial charge < -0.3 is 30.3 Å². The molecule has 0 saturated heterocycles. The maximum Gasteiger partial charge on any atom is 0.200 e. The number of carbonyl (C=O) groups excluding carboxylic acids is 3. The molecule has 0 spiro atoms. The van der Waals surface area contributed by atoms with Crippen molar-refractivity contribution in [1.29, 1.82) is 0 Å². The number of hydrogen-bond acceptors (Lipinski definition) is 9. The van der Waals surface area contributed by atoms with E-state index in [0.717, 1.165) is 63.2 Å². The van der Waals surface area contributed by atoms with E-state index in [1.54, 1.807) is 30.3 Å². The van der Waals surface area contributed by atoms with Crippen LogP contribution >= 0.6 is 0 Å². The second-order valence-corrected chi connectivity index (χ2v) is 22.0. The molecule has 0 aliphatic heterocycles. The van der Waals surface area contributed by atoms with Gasteiger partial charge in [-0.2, -0.15) is 0 Å². The van der Waals surface area contributed by atoms with E-state index in [0.29, 0.717) is 40.3 Å². The van der Waals surface area contributed by atoms with E-state index in [9.17, 15) is 15.0 Å². The topological polar surface area (TPSA) is 134 Å². The number of phenolic OH excluding ortho intramolecular Hbond substituents is 2. The van der Waals surface area contributed by atoms with Gasteiger partial charge in [-0.15, -0.1) is 0 Å². The molecule has 0 heterocycles. The van der Waals surface area contributed by atoms with Gasteiger partial charge >= 0.3 is 0 Å². The Balaban J connectivity index is 1.06. The first kappa shape index (κ1) is 53.9. The first-order chi connectivity index (χ1) is 37.0. The lowest BCUT2D eigenvalue weighted by atomic mass is 9.77. The zero-order chi connectivity index (χ0) is 53.1. The van der Waals surface area contributed by atoms with Crippen molar-refractivity contribution in [3.63, 3.8) is 0 Å². The van der Waals surface area contributed by atoms with Crippen molar-refractivity contribution in [3.05, 3.63) is 154 Å². The van der Waals surface area contributed by atoms with Crippen LogP contribution in [-0.2, 0) is 6.42 Å². The van der Waals surface area contributed by atoms with Gasteiger partial charge in [0.05, 0.1) is 33.6 Å². The zero-order valence-corrected chi connectivity index (χ0v) is 45.3. The Labute approximate surface area is 450 Å². The number of ether oxygens (including phenoxy) is 2. The number of ketones is 3. The second-order valence-electron chi connectivity index (χ2n) is 22.0. The third kappa shape index (κ3) is 12.7. The number of phenols is 2. The van der Waals surface area contributed by atoms with E-state index in [1.807, 2.05) is 48.5 Å². The third-order valence-corrected chi connectivity index (χ3v) is 16.6. The summed E-state index contributed by atoms with van der Waals surface area (Å²) in [7, 11) is 0. The van der Waals surface area contributed by atoms with Crippen molar-refractivity contribution in [1.82, 2.24) is 0 Å². The summed E-state index contributed by atoms with van der Waals surface area (Å²) in [6.45, 7) is 8.19. The smallest absolute Gasteiger partial charge is 0.200 e. The van der Waals surface area contributed by atoms with E-state index < -0.39 is 23.1 Å². The van der Waals surface area contributed by atoms with E-state index in [-0.39, 0.29) is 50.9 Å². The Hall–Kier alpha value is -6.87. The molecular weight excluding hydrogens is 945 g/mol. The molecule has 2 saturated carbocycles. The van der Waals surface area contributed by atoms with Crippen molar-refractivity contribution in [2.24, 2.45) is 11.8 Å². The fourth-order valence-electron chi connectivity index (χ4n) is 12.1. The molecule has 6 aromatic carbocycles. The standard InChI is InChI=1S/C67H78N2O7/c1-5-8-11-14-44-17-23-48(24-18-44)50-29-37-54(38-30-50)75-58-41-56(68-52-33-21-46(22-34-52)16-13-10-7-3)60-62(64(58)71)67(74)61-57(69-53-35-27-47(28-36-53)43(4)70)42-59(65(72)63(61)66(60)73)76-55-39-31-51(32-40-55)49-25-19-45(20-26-49)15-12-9-6-2/h21-22,27-42,44-45,48-49,68-69,71-72H,5-20,23-26H2,1-4H3. The lowest BCUT2D eigenvalue weighted by molar-refractivity contribution is 0.0974. The number of benzene rings is 6. The highest BCUT2D eigenvalue weighted by atomic mass is 16.5. The molecule has 0 atom stereocenters. The summed E-state index contributed by atoms with van der Waals surface area (Å²) >= 11 is 0. The van der Waals surface area contributed by atoms with Crippen molar-refractivity contribution >= 4 is 40.1 Å². The molecule has 76 heavy (non-hydrogen) atoms. The van der Waals surface area contributed by atoms with Crippen LogP contribution in [0.2, 0.25) is 0 Å². The number of hydrogen-bond donors (Lipinski definition) is 4. The highest BCUT2D eigenvalue weighted by Crippen LogP contribution is 2.51. The van der Waals surface area contributed by atoms with E-state index in [2.05, 4.69) is 55.7 Å². The largest absolute Gasteiger partial charge is 0.504 e. The summed E-state index contributed by atoms with van der Waals surface area (Å²) < 4.78 is 12.9. The number of Topliss-reactive ketones (excluding diaryl/α,β-unsaturated/α-hetero) is 1. The van der Waals surface area contributed by atoms with Crippen molar-refractivity contribution in [3.8, 4) is 34.5 Å². The molecule has 0 amide bonds. The highest BCUT2D eigenvalue weighted by molar-refractivity contribution is 6.34. The van der Waals surface area contributed by atoms with Crippen molar-refractivity contribution in [2.45, 2.75) is 168 Å². The molecule has 9 heteroatoms. The van der Waals surface area contributed by atoms with Gasteiger partial charge in [-0.3, -0.25) is 14.4 Å². The van der Waals surface area contributed by atoms with Gasteiger partial charge in [-0.05, 0) is 172 Å². The Morgan fingerprint density at radius 2 is 0.895 bits per heavy atom. The normalized spacial score (nSPS) is 18.2. The molecule has 9 nitrogen and oxygen atoms in total. The molecule has 4 N–H and O–H groups in total. The number of fused-ring (bicyclic) bond motifs is 2. The van der Waals surface area contributed by atoms with Crippen molar-refractivity contribution < 1.29 is 34.1 Å². The van der Waals surface area contributed by atoms with Crippen LogP contribution in [0.15, 0.2) is 109 Å². The van der Waals surface area contributed by atoms with Gasteiger partial charge in [0, 0.05) is 29.1 Å². The van der Waals surface area contributed by atoms with Crippen LogP contribution in [0.1, 0.15) is 220 Å². The monoisotopic (exact) mass is 1020 g/mol. The average molecular weight is 1020 g/mol. The fourth-order valence-corrected chi connectivity index (χ4v) is 12.1. The number of anilines is 4. The van der Waals surface area contributed by atoms with Crippen LogP contribution in [0.5, 0.6) is 34.5 Å². The van der Waals surface area contributed by atoms with Gasteiger partial charge in [-0.25, -0.2) is 0 Å². The number of carbonyl (C=O) groups is 3. The second kappa shape index (κ2) is 25.3. The molecule has 9 rings (SSSR count). The van der Waals surface area contributed by atoms with Gasteiger partial charge in [0.1, 0.15) is 11.5 Å². The first-order valence-electron chi connectivity index (χ1n) is 28.7. The minimum Gasteiger partial charge on any atom is -0.504 e. The third-order valence-electron chi connectivity index (χ3n) is 16.6. The minimum absolute atomic E-state index is 0.00987. The zero-order valence-electron chi connectivity index (χ0n) is 45.3. The fraction of sp³-hybridized carbons (Fsp3) is 0.418. The number of unbranched alkanes of at least 4 members (excludes halogenated alkanes) is 6. The molecule has 398 valence electrons. The maximum absolute atomic E-state index is 15.4. The molecule has 0 unspecified atom stereocenters. The Morgan fingerprint density at radius 3 is 1.29 bits per heavy atom. The average Bonchev–Trinajstić information content (AvgIpc) is 3.47. The predicted octanol–water partition coefficient (Wildman–Crippen LogP) is 18.6. The van der Waals surface area contributed by atoms with E-state index >= 15 is 9.59 Å². The summed E-state index contributed by atoms with van der Waals surface area (Å²) in [6, 6.07) is 33.8. The number of rotatable bonds is 23. The van der Waals surface area contributed by atoms with Gasteiger partial charge in [0.2, 0.25) is 11.6 Å². The lowest BCUT2D eigenvalue weighted by Gasteiger charge is -2.29. The molecule has 2 fully saturated rings. The van der Waals surface area contributed by atoms with Crippen LogP contribution in [0.25, 0.3) is 0 Å². The maximum atomic E-state index is 15.4. The molecule has 3 aliphatic carbocycles. The molecule has 0 bridgehead atoms. The van der Waals surface area contributed by atoms with Gasteiger partial charge in [-0.1, -0.05) is 121 Å². The summed E-state index contributed by atoms with van der Waals surface area (Å²) in [5.74, 6) is 0.941. The van der Waals surface area contributed by atoms with Gasteiger partial charge in [0.15, 0.2) is 28.8 Å². The Bertz CT molecular complexity index is 2950. The molecule has 0 aromatic heterocycles. The lowest BCUT2D eigenvalue weighted by Crippen LogP contribution is -2.24. The quantitative estimate of drug-likeness (QED) is 0.0281. The summed E-state index contributed by atoms with van der Waals surface area (Å²) in [5.41, 5.74) is 5.00. The van der Waals surface area contributed by atoms with E-state index in [1.165, 1.54) is 107 Å². The van der Waals surface area contributed by atoms with Crippen LogP contribution < -0.4 is 20.1 Å². The predicted molar refractivity (Wildman–Crippen MR) is 306 cm³/mol. The highest BCUT2D eigenvalue weighted by Gasteiger charge is 2.41. The summed E-state index contributed by atoms with van der Waals surface area (Å²) in [4.78, 5) is 43.0. The summed E-state index contributed by atoms with van der Waals surface area (Å²) in [5, 5.41) is 31.3. The first-order valence-corrected chi connectivity index (χ1v) is 28.7. The number of aromatic hydroxyl groups is 2. The van der Waals surface area contributed by atoms with Crippen LogP contribution in [0.4, 0.5) is 22.7 Å².